The van der Waals surface area contributed by atoms with E-state index in [1.54, 1.807) is 0 Å². The van der Waals surface area contributed by atoms with Crippen LogP contribution in [0.5, 0.6) is 0 Å². The molecule has 3 N–H and O–H groups in total. The summed E-state index contributed by atoms with van der Waals surface area (Å²) in [4.78, 5) is 32.3. The molecular weight excluding hydrogens is 252 g/mol. The summed E-state index contributed by atoms with van der Waals surface area (Å²) < 4.78 is 24.8. The summed E-state index contributed by atoms with van der Waals surface area (Å²) in [7, 11) is -3.83. The van der Waals surface area contributed by atoms with E-state index in [0.29, 0.717) is 0 Å². The van der Waals surface area contributed by atoms with Crippen molar-refractivity contribution in [1.82, 2.24) is 10.0 Å². The monoisotopic (exact) mass is 264 g/mol. The summed E-state index contributed by atoms with van der Waals surface area (Å²) in [5.41, 5.74) is 0. The molecule has 9 heteroatoms. The SMILES string of the molecule is O=C(O)CCS(=O)(=O)NC1CCC(=O)NC1=O. The second kappa shape index (κ2) is 5.23. The second-order valence-corrected chi connectivity index (χ2v) is 5.46. The molecular formula is C8H12N2O6S. The van der Waals surface area contributed by atoms with Crippen LogP contribution >= 0.6 is 0 Å². The van der Waals surface area contributed by atoms with Crippen LogP contribution in [-0.2, 0) is 24.4 Å². The number of sulfonamides is 1. The zero-order valence-corrected chi connectivity index (χ0v) is 9.62. The van der Waals surface area contributed by atoms with Gasteiger partial charge in [0.25, 0.3) is 0 Å². The molecule has 0 aromatic carbocycles. The van der Waals surface area contributed by atoms with Crippen LogP contribution in [0.25, 0.3) is 0 Å². The first kappa shape index (κ1) is 13.6. The van der Waals surface area contributed by atoms with Gasteiger partial charge in [0.2, 0.25) is 21.8 Å². The van der Waals surface area contributed by atoms with E-state index in [1.807, 2.05) is 5.32 Å². The highest BCUT2D eigenvalue weighted by Gasteiger charge is 2.30. The fraction of sp³-hybridized carbons (Fsp3) is 0.625. The smallest absolute Gasteiger partial charge is 0.304 e. The molecule has 1 rings (SSSR count). The van der Waals surface area contributed by atoms with E-state index in [4.69, 9.17) is 5.11 Å². The number of aliphatic carboxylic acids is 1. The van der Waals surface area contributed by atoms with Crippen molar-refractivity contribution < 1.29 is 27.9 Å². The fourth-order valence-electron chi connectivity index (χ4n) is 1.30. The average Bonchev–Trinajstić information content (AvgIpc) is 2.20. The molecule has 1 heterocycles. The zero-order valence-electron chi connectivity index (χ0n) is 8.80. The minimum atomic E-state index is -3.83. The van der Waals surface area contributed by atoms with Crippen LogP contribution in [0, 0.1) is 0 Å². The van der Waals surface area contributed by atoms with Gasteiger partial charge in [0, 0.05) is 6.42 Å². The van der Waals surface area contributed by atoms with E-state index in [1.165, 1.54) is 0 Å². The van der Waals surface area contributed by atoms with Gasteiger partial charge in [-0.2, -0.15) is 0 Å². The molecule has 17 heavy (non-hydrogen) atoms. The van der Waals surface area contributed by atoms with Crippen LogP contribution in [0.15, 0.2) is 0 Å². The molecule has 0 spiro atoms. The van der Waals surface area contributed by atoms with Gasteiger partial charge in [-0.05, 0) is 6.42 Å². The van der Waals surface area contributed by atoms with Crippen LogP contribution in [-0.4, -0.2) is 43.1 Å². The highest BCUT2D eigenvalue weighted by atomic mass is 32.2. The second-order valence-electron chi connectivity index (χ2n) is 3.58. The Morgan fingerprint density at radius 2 is 2.12 bits per heavy atom. The van der Waals surface area contributed by atoms with E-state index in [9.17, 15) is 22.8 Å². The highest BCUT2D eigenvalue weighted by Crippen LogP contribution is 2.06. The highest BCUT2D eigenvalue weighted by molar-refractivity contribution is 7.89. The summed E-state index contributed by atoms with van der Waals surface area (Å²) in [6.07, 6.45) is -0.405. The number of carbonyl (C=O) groups is 3. The number of piperidine rings is 1. The first-order chi connectivity index (χ1) is 7.80. The molecule has 0 saturated carbocycles. The predicted molar refractivity (Wildman–Crippen MR) is 55.3 cm³/mol. The number of amides is 2. The van der Waals surface area contributed by atoms with Crippen molar-refractivity contribution in [2.75, 3.05) is 5.75 Å². The molecule has 0 aromatic heterocycles. The maximum atomic E-state index is 11.4. The summed E-state index contributed by atoms with van der Waals surface area (Å²) in [5.74, 6) is -2.99. The molecule has 1 unspecified atom stereocenters. The third-order valence-electron chi connectivity index (χ3n) is 2.15. The summed E-state index contributed by atoms with van der Waals surface area (Å²) in [6.45, 7) is 0. The Morgan fingerprint density at radius 1 is 1.47 bits per heavy atom. The van der Waals surface area contributed by atoms with Crippen molar-refractivity contribution in [3.63, 3.8) is 0 Å². The first-order valence-electron chi connectivity index (χ1n) is 4.85. The third kappa shape index (κ3) is 4.49. The molecule has 2 amide bonds. The van der Waals surface area contributed by atoms with Crippen LogP contribution in [0.4, 0.5) is 0 Å². The summed E-state index contributed by atoms with van der Waals surface area (Å²) in [5, 5.41) is 10.3. The minimum Gasteiger partial charge on any atom is -0.481 e. The van der Waals surface area contributed by atoms with Crippen molar-refractivity contribution in [1.29, 1.82) is 0 Å². The number of imide groups is 1. The Bertz CT molecular complexity index is 443. The van der Waals surface area contributed by atoms with Crippen molar-refractivity contribution in [2.45, 2.75) is 25.3 Å². The molecule has 1 atom stereocenters. The zero-order chi connectivity index (χ0) is 13.1. The van der Waals surface area contributed by atoms with Gasteiger partial charge in [-0.1, -0.05) is 0 Å². The van der Waals surface area contributed by atoms with Gasteiger partial charge in [0.15, 0.2) is 0 Å². The van der Waals surface area contributed by atoms with Gasteiger partial charge < -0.3 is 5.11 Å². The number of nitrogens with one attached hydrogen (secondary N) is 2. The lowest BCUT2D eigenvalue weighted by atomic mass is 10.1. The van der Waals surface area contributed by atoms with Crippen molar-refractivity contribution in [3.05, 3.63) is 0 Å². The van der Waals surface area contributed by atoms with E-state index >= 15 is 0 Å². The molecule has 0 radical (unpaired) electrons. The molecule has 0 aromatic rings. The Labute approximate surface area is 97.4 Å². The number of carboxylic acid groups (broad SMARTS) is 1. The number of carbonyl (C=O) groups excluding carboxylic acids is 2. The largest absolute Gasteiger partial charge is 0.481 e. The van der Waals surface area contributed by atoms with Gasteiger partial charge in [0.1, 0.15) is 6.04 Å². The van der Waals surface area contributed by atoms with Crippen LogP contribution in [0.1, 0.15) is 19.3 Å². The lowest BCUT2D eigenvalue weighted by Crippen LogP contribution is -2.52. The van der Waals surface area contributed by atoms with E-state index in [2.05, 4.69) is 4.72 Å². The number of carboxylic acids is 1. The molecule has 1 aliphatic rings. The maximum Gasteiger partial charge on any atom is 0.304 e. The van der Waals surface area contributed by atoms with Crippen LogP contribution in [0.2, 0.25) is 0 Å². The fourth-order valence-corrected chi connectivity index (χ4v) is 2.52. The number of hydrogen-bond acceptors (Lipinski definition) is 5. The standard InChI is InChI=1S/C8H12N2O6S/c11-6-2-1-5(8(14)9-6)10-17(15,16)4-3-7(12)13/h5,10H,1-4H2,(H,12,13)(H,9,11,14). The Kier molecular flexibility index (Phi) is 4.18. The van der Waals surface area contributed by atoms with E-state index in [-0.39, 0.29) is 12.8 Å². The van der Waals surface area contributed by atoms with E-state index in [0.717, 1.165) is 0 Å². The van der Waals surface area contributed by atoms with Gasteiger partial charge in [0.05, 0.1) is 12.2 Å². The first-order valence-corrected chi connectivity index (χ1v) is 6.51. The molecule has 1 saturated heterocycles. The topological polar surface area (TPSA) is 130 Å². The molecule has 0 bridgehead atoms. The number of rotatable bonds is 5. The lowest BCUT2D eigenvalue weighted by molar-refractivity contribution is -0.137. The molecule has 1 fully saturated rings. The Hall–Kier alpha value is -1.48. The number of hydrogen-bond donors (Lipinski definition) is 3. The average molecular weight is 264 g/mol. The molecule has 8 nitrogen and oxygen atoms in total. The molecule has 1 aliphatic heterocycles. The van der Waals surface area contributed by atoms with Crippen molar-refractivity contribution >= 4 is 27.8 Å². The van der Waals surface area contributed by atoms with Crippen molar-refractivity contribution in [2.24, 2.45) is 0 Å². The Morgan fingerprint density at radius 3 is 2.65 bits per heavy atom. The summed E-state index contributed by atoms with van der Waals surface area (Å²) in [6, 6.07) is -1.01. The van der Waals surface area contributed by atoms with Crippen LogP contribution < -0.4 is 10.0 Å². The maximum absolute atomic E-state index is 11.4. The summed E-state index contributed by atoms with van der Waals surface area (Å²) >= 11 is 0. The quantitative estimate of drug-likeness (QED) is 0.501. The lowest BCUT2D eigenvalue weighted by Gasteiger charge is -2.21. The van der Waals surface area contributed by atoms with Gasteiger partial charge >= 0.3 is 5.97 Å². The predicted octanol–water partition coefficient (Wildman–Crippen LogP) is -1.81. The van der Waals surface area contributed by atoms with Gasteiger partial charge in [-0.15, -0.1) is 0 Å². The third-order valence-corrected chi connectivity index (χ3v) is 3.53. The normalized spacial score (nSPS) is 21.1. The minimum absolute atomic E-state index is 0.0534. The van der Waals surface area contributed by atoms with Crippen molar-refractivity contribution in [3.8, 4) is 0 Å². The van der Waals surface area contributed by atoms with E-state index < -0.39 is 46.0 Å². The van der Waals surface area contributed by atoms with Gasteiger partial charge in [-0.3, -0.25) is 19.7 Å². The molecule has 0 aliphatic carbocycles. The van der Waals surface area contributed by atoms with Crippen LogP contribution in [0.3, 0.4) is 0 Å². The van der Waals surface area contributed by atoms with Gasteiger partial charge in [-0.25, -0.2) is 13.1 Å². The molecule has 96 valence electrons. The Balaban J connectivity index is 2.55.